The molecule has 300 valence electrons. The number of aliphatic hydroxyl groups excluding tert-OH is 7. The highest BCUT2D eigenvalue weighted by Crippen LogP contribution is 2.32. The normalized spacial score (nSPS) is 38.6. The van der Waals surface area contributed by atoms with Gasteiger partial charge in [0.15, 0.2) is 12.4 Å². The molecule has 11 N–H and O–H groups in total. The molecule has 52 heavy (non-hydrogen) atoms. The highest BCUT2D eigenvalue weighted by Gasteiger charge is 2.50. The fraction of sp³-hybridized carbons (Fsp3) is 0.871. The number of carbonyl (C=O) groups excluding carboxylic acids is 3. The lowest BCUT2D eigenvalue weighted by Gasteiger charge is -2.47. The number of amides is 3. The first kappa shape index (κ1) is 43.8. The summed E-state index contributed by atoms with van der Waals surface area (Å²) in [5.41, 5.74) is 0. The van der Waals surface area contributed by atoms with Crippen LogP contribution in [0.2, 0.25) is 0 Å². The Morgan fingerprint density at radius 1 is 0.596 bits per heavy atom. The highest BCUT2D eigenvalue weighted by molar-refractivity contribution is 5.74. The van der Waals surface area contributed by atoms with Gasteiger partial charge in [0.1, 0.15) is 36.6 Å². The van der Waals surface area contributed by atoms with Crippen molar-refractivity contribution in [3.05, 3.63) is 0 Å². The predicted octanol–water partition coefficient (Wildman–Crippen LogP) is -6.06. The molecule has 0 bridgehead atoms. The number of nitrogens with one attached hydrogen (secondary N) is 3. The minimum Gasteiger partial charge on any atom is -0.479 e. The van der Waals surface area contributed by atoms with Gasteiger partial charge in [-0.05, 0) is 6.92 Å². The van der Waals surface area contributed by atoms with Crippen molar-refractivity contribution in [2.45, 2.75) is 113 Å². The zero-order valence-corrected chi connectivity index (χ0v) is 29.3. The average molecular weight is 756 g/mol. The number of ether oxygens (including phenoxy) is 6. The Morgan fingerprint density at radius 2 is 1.06 bits per heavy atom. The maximum Gasteiger partial charge on any atom is 0.332 e. The van der Waals surface area contributed by atoms with Crippen LogP contribution in [0.25, 0.3) is 0 Å². The first-order valence-electron chi connectivity index (χ1n) is 16.9. The number of hydrogen-bond acceptors (Lipinski definition) is 17. The van der Waals surface area contributed by atoms with Gasteiger partial charge in [0, 0.05) is 32.6 Å². The van der Waals surface area contributed by atoms with Gasteiger partial charge in [-0.2, -0.15) is 0 Å². The molecule has 3 fully saturated rings. The van der Waals surface area contributed by atoms with Crippen LogP contribution in [0.3, 0.4) is 0 Å². The molecule has 21 heteroatoms. The Balaban J connectivity index is 1.82. The fourth-order valence-electron chi connectivity index (χ4n) is 6.70. The molecule has 0 saturated carbocycles. The molecule has 7 unspecified atom stereocenters. The maximum absolute atomic E-state index is 12.4. The first-order valence-corrected chi connectivity index (χ1v) is 16.9. The summed E-state index contributed by atoms with van der Waals surface area (Å²) in [6.07, 6.45) is -14.3. The van der Waals surface area contributed by atoms with Crippen molar-refractivity contribution in [1.82, 2.24) is 16.0 Å². The number of aliphatic hydroxyl groups is 7. The van der Waals surface area contributed by atoms with E-state index in [1.807, 2.05) is 0 Å². The zero-order chi connectivity index (χ0) is 38.9. The van der Waals surface area contributed by atoms with E-state index in [-0.39, 0.29) is 26.4 Å². The number of rotatable bonds is 17. The van der Waals surface area contributed by atoms with Crippen LogP contribution >= 0.6 is 0 Å². The summed E-state index contributed by atoms with van der Waals surface area (Å²) in [5.74, 6) is -4.91. The van der Waals surface area contributed by atoms with Crippen LogP contribution in [0.5, 0.6) is 0 Å². The van der Waals surface area contributed by atoms with Crippen molar-refractivity contribution >= 4 is 23.7 Å². The quantitative estimate of drug-likeness (QED) is 0.0658. The van der Waals surface area contributed by atoms with Crippen LogP contribution in [0.15, 0.2) is 0 Å². The molecule has 3 aliphatic rings. The molecule has 0 aliphatic carbocycles. The Bertz CT molecular complexity index is 1180. The largest absolute Gasteiger partial charge is 0.479 e. The second kappa shape index (κ2) is 20.2. The third kappa shape index (κ3) is 11.2. The third-order valence-corrected chi connectivity index (χ3v) is 9.30. The molecule has 3 aliphatic heterocycles. The zero-order valence-electron chi connectivity index (χ0n) is 29.3. The molecular weight excluding hydrogens is 702 g/mol. The van der Waals surface area contributed by atoms with Crippen LogP contribution < -0.4 is 16.0 Å². The standard InChI is InChI=1S/C31H53N3O18/c1-12(30(44)45)49-29-17(9-48-10-21-23(32-13(2)38)28(43)27(42)20(7-37)51-21)19(6-36)50-22(24(29)33-14(3)39)11-47-8-16-18(5-35)52-31(46)25(26(16)41)34-15(4)40/h12,16-29,31,35-37,41-43,46H,5-11H2,1-4H3,(H,32,38)(H,33,39)(H,34,40)(H,44,45)/t12?,16-,17-,18?,19?,20?,21+,22+,23?,24?,25?,26+,27-,28-,29+,31-/m1/s1. The molecule has 21 nitrogen and oxygen atoms in total. The maximum atomic E-state index is 12.4. The van der Waals surface area contributed by atoms with Crippen LogP contribution in [0, 0.1) is 11.8 Å². The van der Waals surface area contributed by atoms with Gasteiger partial charge in [-0.25, -0.2) is 4.79 Å². The molecule has 3 amide bonds. The molecule has 16 atom stereocenters. The average Bonchev–Trinajstić information content (AvgIpc) is 3.07. The van der Waals surface area contributed by atoms with Gasteiger partial charge in [-0.1, -0.05) is 0 Å². The molecule has 0 aromatic rings. The molecule has 0 spiro atoms. The topological polar surface area (TPSA) is 322 Å². The van der Waals surface area contributed by atoms with E-state index in [1.54, 1.807) is 0 Å². The molecule has 0 radical (unpaired) electrons. The number of carbonyl (C=O) groups is 4. The molecular formula is C31H53N3O18. The van der Waals surface area contributed by atoms with Crippen LogP contribution in [-0.4, -0.2) is 196 Å². The lowest BCUT2D eigenvalue weighted by Crippen LogP contribution is -2.66. The predicted molar refractivity (Wildman–Crippen MR) is 171 cm³/mol. The van der Waals surface area contributed by atoms with E-state index < -0.39 is 141 Å². The number of hydrogen-bond donors (Lipinski definition) is 11. The second-order valence-corrected chi connectivity index (χ2v) is 13.2. The van der Waals surface area contributed by atoms with E-state index in [0.717, 1.165) is 0 Å². The van der Waals surface area contributed by atoms with Gasteiger partial charge in [0.05, 0.1) is 82.7 Å². The Labute approximate surface area is 299 Å². The lowest BCUT2D eigenvalue weighted by molar-refractivity contribution is -0.249. The summed E-state index contributed by atoms with van der Waals surface area (Å²) in [4.78, 5) is 47.8. The smallest absolute Gasteiger partial charge is 0.332 e. The molecule has 3 saturated heterocycles. The van der Waals surface area contributed by atoms with Crippen molar-refractivity contribution in [2.24, 2.45) is 11.8 Å². The summed E-state index contributed by atoms with van der Waals surface area (Å²) < 4.78 is 34.9. The number of aliphatic carboxylic acids is 1. The monoisotopic (exact) mass is 755 g/mol. The molecule has 3 rings (SSSR count). The third-order valence-electron chi connectivity index (χ3n) is 9.30. The van der Waals surface area contributed by atoms with Gasteiger partial charge >= 0.3 is 5.97 Å². The van der Waals surface area contributed by atoms with E-state index in [9.17, 15) is 60.0 Å². The summed E-state index contributed by atoms with van der Waals surface area (Å²) in [5, 5.41) is 89.3. The fourth-order valence-corrected chi connectivity index (χ4v) is 6.70. The van der Waals surface area contributed by atoms with E-state index in [0.29, 0.717) is 0 Å². The SMILES string of the molecule is CC(=O)NC1[C@H](COC[C@@H]2C(CO)O[C@@H](COC[C@@H]3C(CO)O[C@@H](O)C(NC(C)=O)[C@H]3O)C(NC(C)=O)[C@H]2OC(C)C(=O)O)OC(CO)[C@@H](O)[C@@H]1O. The van der Waals surface area contributed by atoms with Crippen molar-refractivity contribution in [2.75, 3.05) is 46.2 Å². The van der Waals surface area contributed by atoms with E-state index in [4.69, 9.17) is 28.4 Å². The van der Waals surface area contributed by atoms with Gasteiger partial charge < -0.3 is 85.2 Å². The van der Waals surface area contributed by atoms with Crippen molar-refractivity contribution in [1.29, 1.82) is 0 Å². The van der Waals surface area contributed by atoms with Crippen LogP contribution in [-0.2, 0) is 47.6 Å². The molecule has 0 aromatic carbocycles. The first-order chi connectivity index (χ1) is 24.5. The van der Waals surface area contributed by atoms with Crippen LogP contribution in [0.1, 0.15) is 27.7 Å². The Hall–Kier alpha value is -2.64. The number of carboxylic acids is 1. The summed E-state index contributed by atoms with van der Waals surface area (Å²) in [6.45, 7) is 1.66. The second-order valence-electron chi connectivity index (χ2n) is 13.2. The summed E-state index contributed by atoms with van der Waals surface area (Å²) >= 11 is 0. The van der Waals surface area contributed by atoms with E-state index in [2.05, 4.69) is 16.0 Å². The molecule has 3 heterocycles. The minimum absolute atomic E-state index is 0.304. The van der Waals surface area contributed by atoms with E-state index >= 15 is 0 Å². The van der Waals surface area contributed by atoms with Gasteiger partial charge in [-0.15, -0.1) is 0 Å². The Kier molecular flexibility index (Phi) is 17.0. The van der Waals surface area contributed by atoms with Gasteiger partial charge in [-0.3, -0.25) is 14.4 Å². The van der Waals surface area contributed by atoms with Crippen molar-refractivity contribution in [3.8, 4) is 0 Å². The lowest BCUT2D eigenvalue weighted by atomic mass is 9.85. The molecule has 0 aromatic heterocycles. The van der Waals surface area contributed by atoms with Crippen LogP contribution in [0.4, 0.5) is 0 Å². The summed E-state index contributed by atoms with van der Waals surface area (Å²) in [7, 11) is 0. The highest BCUT2D eigenvalue weighted by atomic mass is 16.6. The van der Waals surface area contributed by atoms with E-state index in [1.165, 1.54) is 27.7 Å². The van der Waals surface area contributed by atoms with Gasteiger partial charge in [0.25, 0.3) is 0 Å². The minimum atomic E-state index is -1.62. The summed E-state index contributed by atoms with van der Waals surface area (Å²) in [6, 6.07) is -3.49. The van der Waals surface area contributed by atoms with Gasteiger partial charge in [0.2, 0.25) is 17.7 Å². The van der Waals surface area contributed by atoms with Crippen molar-refractivity contribution in [3.63, 3.8) is 0 Å². The van der Waals surface area contributed by atoms with Crippen molar-refractivity contribution < 1.29 is 88.5 Å². The Morgan fingerprint density at radius 3 is 1.58 bits per heavy atom. The number of carboxylic acid groups (broad SMARTS) is 1.